The van der Waals surface area contributed by atoms with Crippen LogP contribution in [0.15, 0.2) is 6.07 Å². The lowest BCUT2D eigenvalue weighted by molar-refractivity contribution is -0.129. The number of nitrogens with zero attached hydrogens (tertiary/aromatic N) is 3. The van der Waals surface area contributed by atoms with Crippen LogP contribution in [-0.4, -0.2) is 40.9 Å². The molecule has 0 saturated heterocycles. The van der Waals surface area contributed by atoms with Crippen LogP contribution in [0.25, 0.3) is 10.2 Å². The second-order valence-corrected chi connectivity index (χ2v) is 5.93. The minimum atomic E-state index is -0.368. The van der Waals surface area contributed by atoms with Gasteiger partial charge in [0.1, 0.15) is 16.7 Å². The number of nitrogens with one attached hydrogen (secondary N) is 1. The molecule has 20 heavy (non-hydrogen) atoms. The SMILES string of the molecule is CCc1cc2c(NC(C)C(=O)N(C)C)nc(N)nc2s1. The highest BCUT2D eigenvalue weighted by molar-refractivity contribution is 7.18. The Hall–Kier alpha value is -1.89. The quantitative estimate of drug-likeness (QED) is 0.896. The molecule has 0 aromatic carbocycles. The summed E-state index contributed by atoms with van der Waals surface area (Å²) in [5.41, 5.74) is 5.74. The molecule has 0 fully saturated rings. The lowest BCUT2D eigenvalue weighted by atomic mass is 10.2. The molecule has 7 heteroatoms. The third-order valence-electron chi connectivity index (χ3n) is 2.97. The van der Waals surface area contributed by atoms with Gasteiger partial charge in [-0.2, -0.15) is 4.98 Å². The third kappa shape index (κ3) is 2.82. The van der Waals surface area contributed by atoms with Crippen molar-refractivity contribution in [2.75, 3.05) is 25.1 Å². The second kappa shape index (κ2) is 5.62. The first-order valence-corrected chi connectivity index (χ1v) is 7.27. The number of aryl methyl sites for hydroxylation is 1. The summed E-state index contributed by atoms with van der Waals surface area (Å²) in [6, 6.07) is 1.68. The van der Waals surface area contributed by atoms with Crippen molar-refractivity contribution < 1.29 is 4.79 Å². The van der Waals surface area contributed by atoms with Crippen molar-refractivity contribution in [2.45, 2.75) is 26.3 Å². The van der Waals surface area contributed by atoms with Gasteiger partial charge in [0.05, 0.1) is 5.39 Å². The van der Waals surface area contributed by atoms with E-state index < -0.39 is 0 Å². The van der Waals surface area contributed by atoms with Gasteiger partial charge in [-0.3, -0.25) is 4.79 Å². The summed E-state index contributed by atoms with van der Waals surface area (Å²) >= 11 is 1.60. The number of nitrogens with two attached hydrogens (primary N) is 1. The van der Waals surface area contributed by atoms with Gasteiger partial charge in [0.2, 0.25) is 11.9 Å². The average molecular weight is 293 g/mol. The van der Waals surface area contributed by atoms with Crippen LogP contribution in [0.4, 0.5) is 11.8 Å². The Balaban J connectivity index is 2.38. The molecule has 108 valence electrons. The Bertz CT molecular complexity index is 637. The molecule has 1 atom stereocenters. The number of rotatable bonds is 4. The van der Waals surface area contributed by atoms with E-state index in [-0.39, 0.29) is 17.9 Å². The molecular formula is C13H19N5OS. The van der Waals surface area contributed by atoms with Gasteiger partial charge in [-0.25, -0.2) is 4.98 Å². The van der Waals surface area contributed by atoms with Crippen molar-refractivity contribution in [3.05, 3.63) is 10.9 Å². The summed E-state index contributed by atoms with van der Waals surface area (Å²) in [5, 5.41) is 4.04. The number of nitrogen functional groups attached to an aromatic ring is 1. The highest BCUT2D eigenvalue weighted by Crippen LogP contribution is 2.30. The molecule has 0 saturated carbocycles. The van der Waals surface area contributed by atoms with Crippen LogP contribution in [0.1, 0.15) is 18.7 Å². The summed E-state index contributed by atoms with van der Waals surface area (Å²) in [4.78, 5) is 24.0. The second-order valence-electron chi connectivity index (χ2n) is 4.81. The minimum Gasteiger partial charge on any atom is -0.368 e. The lowest BCUT2D eigenvalue weighted by Gasteiger charge is -2.18. The topological polar surface area (TPSA) is 84.1 Å². The number of likely N-dealkylation sites (N-methyl/N-ethyl adjacent to an activating group) is 1. The van der Waals surface area contributed by atoms with E-state index in [0.29, 0.717) is 5.82 Å². The molecule has 1 amide bonds. The lowest BCUT2D eigenvalue weighted by Crippen LogP contribution is -2.36. The molecule has 2 rings (SSSR count). The van der Waals surface area contributed by atoms with Crippen molar-refractivity contribution in [3.8, 4) is 0 Å². The number of aromatic nitrogens is 2. The highest BCUT2D eigenvalue weighted by Gasteiger charge is 2.18. The fourth-order valence-electron chi connectivity index (χ4n) is 1.93. The van der Waals surface area contributed by atoms with Crippen LogP contribution < -0.4 is 11.1 Å². The first-order chi connectivity index (χ1) is 9.42. The maximum atomic E-state index is 11.9. The molecule has 0 spiro atoms. The largest absolute Gasteiger partial charge is 0.368 e. The molecule has 2 heterocycles. The molecule has 6 nitrogen and oxygen atoms in total. The third-order valence-corrected chi connectivity index (χ3v) is 4.15. The smallest absolute Gasteiger partial charge is 0.244 e. The van der Waals surface area contributed by atoms with Crippen LogP contribution >= 0.6 is 11.3 Å². The highest BCUT2D eigenvalue weighted by atomic mass is 32.1. The van der Waals surface area contributed by atoms with E-state index in [9.17, 15) is 4.79 Å². The number of amides is 1. The number of fused-ring (bicyclic) bond motifs is 1. The molecule has 0 bridgehead atoms. The number of carbonyl (C=O) groups is 1. The zero-order valence-corrected chi connectivity index (χ0v) is 12.9. The monoisotopic (exact) mass is 293 g/mol. The van der Waals surface area contributed by atoms with Crippen molar-refractivity contribution in [2.24, 2.45) is 0 Å². The van der Waals surface area contributed by atoms with E-state index in [0.717, 1.165) is 16.6 Å². The molecule has 1 unspecified atom stereocenters. The van der Waals surface area contributed by atoms with Crippen LogP contribution in [0.5, 0.6) is 0 Å². The number of thiophene rings is 1. The summed E-state index contributed by atoms with van der Waals surface area (Å²) in [6.07, 6.45) is 0.937. The Morgan fingerprint density at radius 2 is 2.20 bits per heavy atom. The van der Waals surface area contributed by atoms with Gasteiger partial charge in [-0.15, -0.1) is 11.3 Å². The Kier molecular flexibility index (Phi) is 4.08. The maximum absolute atomic E-state index is 11.9. The molecule has 0 aliphatic heterocycles. The van der Waals surface area contributed by atoms with Crippen LogP contribution in [0.3, 0.4) is 0 Å². The molecule has 2 aromatic rings. The molecule has 0 aliphatic rings. The number of hydrogen-bond acceptors (Lipinski definition) is 6. The molecule has 0 radical (unpaired) electrons. The van der Waals surface area contributed by atoms with Crippen molar-refractivity contribution >= 4 is 39.2 Å². The van der Waals surface area contributed by atoms with Crippen LogP contribution in [0, 0.1) is 0 Å². The average Bonchev–Trinajstić information content (AvgIpc) is 2.80. The van der Waals surface area contributed by atoms with Gasteiger partial charge < -0.3 is 16.0 Å². The van der Waals surface area contributed by atoms with Gasteiger partial charge in [0, 0.05) is 19.0 Å². The fourth-order valence-corrected chi connectivity index (χ4v) is 2.90. The summed E-state index contributed by atoms with van der Waals surface area (Å²) in [6.45, 7) is 3.90. The fraction of sp³-hybridized carbons (Fsp3) is 0.462. The Labute approximate surface area is 122 Å². The molecular weight excluding hydrogens is 274 g/mol. The predicted octanol–water partition coefficient (Wildman–Crippen LogP) is 1.72. The zero-order valence-electron chi connectivity index (χ0n) is 12.1. The normalized spacial score (nSPS) is 12.4. The van der Waals surface area contributed by atoms with Gasteiger partial charge in [0.25, 0.3) is 0 Å². The zero-order chi connectivity index (χ0) is 14.9. The van der Waals surface area contributed by atoms with E-state index in [4.69, 9.17) is 5.73 Å². The van der Waals surface area contributed by atoms with Crippen molar-refractivity contribution in [1.29, 1.82) is 0 Å². The van der Waals surface area contributed by atoms with Crippen LogP contribution in [-0.2, 0) is 11.2 Å². The first kappa shape index (κ1) is 14.5. The summed E-state index contributed by atoms with van der Waals surface area (Å²) in [7, 11) is 3.45. The Morgan fingerprint density at radius 3 is 2.80 bits per heavy atom. The standard InChI is InChI=1S/C13H19N5OS/c1-5-8-6-9-10(15-7(2)12(19)18(3)4)16-13(14)17-11(9)20-8/h6-7H,5H2,1-4H3,(H3,14,15,16,17). The van der Waals surface area contributed by atoms with Crippen molar-refractivity contribution in [1.82, 2.24) is 14.9 Å². The van der Waals surface area contributed by atoms with Crippen LogP contribution in [0.2, 0.25) is 0 Å². The van der Waals surface area contributed by atoms with Crippen molar-refractivity contribution in [3.63, 3.8) is 0 Å². The number of anilines is 2. The molecule has 2 aromatic heterocycles. The minimum absolute atomic E-state index is 0.0127. The number of carbonyl (C=O) groups excluding carboxylic acids is 1. The van der Waals surface area contributed by atoms with E-state index in [1.54, 1.807) is 37.3 Å². The van der Waals surface area contributed by atoms with E-state index in [1.165, 1.54) is 4.88 Å². The summed E-state index contributed by atoms with van der Waals surface area (Å²) in [5.74, 6) is 0.821. The van der Waals surface area contributed by atoms with E-state index in [2.05, 4.69) is 28.3 Å². The molecule has 0 aliphatic carbocycles. The van der Waals surface area contributed by atoms with Gasteiger partial charge in [0.15, 0.2) is 0 Å². The number of hydrogen-bond donors (Lipinski definition) is 2. The first-order valence-electron chi connectivity index (χ1n) is 6.46. The summed E-state index contributed by atoms with van der Waals surface area (Å²) < 4.78 is 0. The Morgan fingerprint density at radius 1 is 1.50 bits per heavy atom. The van der Waals surface area contributed by atoms with E-state index in [1.807, 2.05) is 0 Å². The maximum Gasteiger partial charge on any atom is 0.244 e. The predicted molar refractivity (Wildman–Crippen MR) is 83.0 cm³/mol. The van der Waals surface area contributed by atoms with Gasteiger partial charge in [-0.1, -0.05) is 6.92 Å². The van der Waals surface area contributed by atoms with Gasteiger partial charge >= 0.3 is 0 Å². The van der Waals surface area contributed by atoms with E-state index >= 15 is 0 Å². The van der Waals surface area contributed by atoms with Gasteiger partial charge in [-0.05, 0) is 19.4 Å². The molecule has 3 N–H and O–H groups in total.